The van der Waals surface area contributed by atoms with Crippen LogP contribution in [0.25, 0.3) is 0 Å². The molecule has 1 aliphatic carbocycles. The summed E-state index contributed by atoms with van der Waals surface area (Å²) < 4.78 is 0.922. The summed E-state index contributed by atoms with van der Waals surface area (Å²) in [6, 6.07) is 12.5. The molecule has 3 rings (SSSR count). The Bertz CT molecular complexity index is 911. The van der Waals surface area contributed by atoms with Gasteiger partial charge in [-0.15, -0.1) is 0 Å². The van der Waals surface area contributed by atoms with Crippen LogP contribution < -0.4 is 5.32 Å². The number of hydrogen-bond acceptors (Lipinski definition) is 2. The van der Waals surface area contributed by atoms with E-state index in [-0.39, 0.29) is 24.3 Å². The molecule has 0 bridgehead atoms. The maximum atomic E-state index is 13.4. The first-order chi connectivity index (χ1) is 14.8. The predicted molar refractivity (Wildman–Crippen MR) is 129 cm³/mol. The van der Waals surface area contributed by atoms with Gasteiger partial charge >= 0.3 is 0 Å². The predicted octanol–water partition coefficient (Wildman–Crippen LogP) is 6.16. The van der Waals surface area contributed by atoms with E-state index in [1.165, 1.54) is 6.42 Å². The molecular formula is C24H27BrCl2N2O2. The Morgan fingerprint density at radius 2 is 1.74 bits per heavy atom. The molecule has 0 heterocycles. The lowest BCUT2D eigenvalue weighted by Crippen LogP contribution is -2.50. The SMILES string of the molecule is CC(C(=O)NC1CCCCC1)N(Cc1cccc(Br)c1)C(=O)Cc1c(Cl)cccc1Cl. The van der Waals surface area contributed by atoms with Crippen molar-refractivity contribution in [3.05, 3.63) is 68.1 Å². The van der Waals surface area contributed by atoms with Crippen molar-refractivity contribution in [2.45, 2.75) is 64.1 Å². The molecule has 7 heteroatoms. The summed E-state index contributed by atoms with van der Waals surface area (Å²) in [5.41, 5.74) is 1.51. The zero-order chi connectivity index (χ0) is 22.4. The molecule has 2 aromatic rings. The monoisotopic (exact) mass is 524 g/mol. The van der Waals surface area contributed by atoms with E-state index in [9.17, 15) is 9.59 Å². The second-order valence-electron chi connectivity index (χ2n) is 8.05. The molecule has 166 valence electrons. The van der Waals surface area contributed by atoms with E-state index in [0.717, 1.165) is 35.7 Å². The molecule has 1 saturated carbocycles. The molecule has 1 fully saturated rings. The summed E-state index contributed by atoms with van der Waals surface area (Å²) in [7, 11) is 0. The van der Waals surface area contributed by atoms with Crippen molar-refractivity contribution < 1.29 is 9.59 Å². The molecule has 0 saturated heterocycles. The number of carbonyl (C=O) groups is 2. The third kappa shape index (κ3) is 6.71. The highest BCUT2D eigenvalue weighted by atomic mass is 79.9. The third-order valence-electron chi connectivity index (χ3n) is 5.75. The van der Waals surface area contributed by atoms with E-state index in [1.807, 2.05) is 24.3 Å². The van der Waals surface area contributed by atoms with Crippen LogP contribution in [-0.2, 0) is 22.6 Å². The fraction of sp³-hybridized carbons (Fsp3) is 0.417. The Morgan fingerprint density at radius 3 is 2.39 bits per heavy atom. The minimum Gasteiger partial charge on any atom is -0.352 e. The van der Waals surface area contributed by atoms with E-state index in [2.05, 4.69) is 21.2 Å². The van der Waals surface area contributed by atoms with E-state index in [4.69, 9.17) is 23.2 Å². The van der Waals surface area contributed by atoms with E-state index >= 15 is 0 Å². The highest BCUT2D eigenvalue weighted by molar-refractivity contribution is 9.10. The van der Waals surface area contributed by atoms with Gasteiger partial charge in [-0.25, -0.2) is 0 Å². The van der Waals surface area contributed by atoms with Gasteiger partial charge in [-0.05, 0) is 55.2 Å². The Morgan fingerprint density at radius 1 is 1.10 bits per heavy atom. The highest BCUT2D eigenvalue weighted by Crippen LogP contribution is 2.26. The molecule has 2 amide bonds. The van der Waals surface area contributed by atoms with Crippen molar-refractivity contribution in [2.24, 2.45) is 0 Å². The van der Waals surface area contributed by atoms with Gasteiger partial charge < -0.3 is 10.2 Å². The van der Waals surface area contributed by atoms with Gasteiger partial charge in [0.2, 0.25) is 11.8 Å². The smallest absolute Gasteiger partial charge is 0.242 e. The highest BCUT2D eigenvalue weighted by Gasteiger charge is 2.29. The van der Waals surface area contributed by atoms with Gasteiger partial charge in [-0.1, -0.05) is 76.6 Å². The van der Waals surface area contributed by atoms with E-state index < -0.39 is 6.04 Å². The average Bonchev–Trinajstić information content (AvgIpc) is 2.75. The van der Waals surface area contributed by atoms with Crippen molar-refractivity contribution in [1.82, 2.24) is 10.2 Å². The molecule has 0 aliphatic heterocycles. The second kappa shape index (κ2) is 11.3. The standard InChI is InChI=1S/C24H27BrCl2N2O2/c1-16(24(31)28-19-9-3-2-4-10-19)29(15-17-7-5-8-18(25)13-17)23(30)14-20-21(26)11-6-12-22(20)27/h5-8,11-13,16,19H,2-4,9-10,14-15H2,1H3,(H,28,31). The number of halogens is 3. The first kappa shape index (κ1) is 24.1. The summed E-state index contributed by atoms with van der Waals surface area (Å²) in [6.45, 7) is 2.10. The largest absolute Gasteiger partial charge is 0.352 e. The molecular weight excluding hydrogens is 499 g/mol. The molecule has 31 heavy (non-hydrogen) atoms. The minimum absolute atomic E-state index is 0.0353. The van der Waals surface area contributed by atoms with Gasteiger partial charge in [0.25, 0.3) is 0 Å². The Balaban J connectivity index is 1.80. The van der Waals surface area contributed by atoms with Crippen molar-refractivity contribution in [3.63, 3.8) is 0 Å². The zero-order valence-corrected chi connectivity index (χ0v) is 20.6. The first-order valence-corrected chi connectivity index (χ1v) is 12.2. The number of benzene rings is 2. The van der Waals surface area contributed by atoms with Crippen LogP contribution in [0.15, 0.2) is 46.9 Å². The summed E-state index contributed by atoms with van der Waals surface area (Å²) in [5, 5.41) is 4.04. The quantitative estimate of drug-likeness (QED) is 0.470. The van der Waals surface area contributed by atoms with Gasteiger partial charge in [-0.3, -0.25) is 9.59 Å². The van der Waals surface area contributed by atoms with Gasteiger partial charge in [0, 0.05) is 27.1 Å². The number of nitrogens with zero attached hydrogens (tertiary/aromatic N) is 1. The van der Waals surface area contributed by atoms with Crippen molar-refractivity contribution in [3.8, 4) is 0 Å². The molecule has 0 radical (unpaired) electrons. The lowest BCUT2D eigenvalue weighted by molar-refractivity contribution is -0.140. The topological polar surface area (TPSA) is 49.4 Å². The first-order valence-electron chi connectivity index (χ1n) is 10.6. The molecule has 2 aromatic carbocycles. The van der Waals surface area contributed by atoms with Crippen LogP contribution in [0.1, 0.15) is 50.2 Å². The average molecular weight is 526 g/mol. The molecule has 0 aromatic heterocycles. The molecule has 1 unspecified atom stereocenters. The van der Waals surface area contributed by atoms with Crippen LogP contribution >= 0.6 is 39.1 Å². The van der Waals surface area contributed by atoms with Crippen LogP contribution in [0, 0.1) is 0 Å². The molecule has 0 spiro atoms. The summed E-state index contributed by atoms with van der Waals surface area (Å²) in [4.78, 5) is 28.0. The van der Waals surface area contributed by atoms with Crippen LogP contribution in [0.2, 0.25) is 10.0 Å². The number of nitrogens with one attached hydrogen (secondary N) is 1. The summed E-state index contributed by atoms with van der Waals surface area (Å²) in [5.74, 6) is -0.318. The van der Waals surface area contributed by atoms with E-state index in [1.54, 1.807) is 30.0 Å². The second-order valence-corrected chi connectivity index (χ2v) is 9.78. The molecule has 4 nitrogen and oxygen atoms in total. The summed E-state index contributed by atoms with van der Waals surface area (Å²) >= 11 is 16.1. The van der Waals surface area contributed by atoms with Crippen LogP contribution in [0.5, 0.6) is 0 Å². The lowest BCUT2D eigenvalue weighted by Gasteiger charge is -2.31. The van der Waals surface area contributed by atoms with Crippen molar-refractivity contribution in [1.29, 1.82) is 0 Å². The van der Waals surface area contributed by atoms with Crippen molar-refractivity contribution in [2.75, 3.05) is 0 Å². The Labute approximate surface area is 202 Å². The van der Waals surface area contributed by atoms with Crippen LogP contribution in [-0.4, -0.2) is 28.8 Å². The number of carbonyl (C=O) groups excluding carboxylic acids is 2. The van der Waals surface area contributed by atoms with Crippen molar-refractivity contribution >= 4 is 50.9 Å². The number of amides is 2. The van der Waals surface area contributed by atoms with Gasteiger partial charge in [0.05, 0.1) is 6.42 Å². The Hall–Kier alpha value is -1.56. The molecule has 1 aliphatic rings. The maximum Gasteiger partial charge on any atom is 0.242 e. The minimum atomic E-state index is -0.616. The third-order valence-corrected chi connectivity index (χ3v) is 6.95. The fourth-order valence-electron chi connectivity index (χ4n) is 3.94. The normalized spacial score (nSPS) is 15.4. The van der Waals surface area contributed by atoms with Gasteiger partial charge in [0.1, 0.15) is 6.04 Å². The number of hydrogen-bond donors (Lipinski definition) is 1. The number of rotatable bonds is 7. The Kier molecular flexibility index (Phi) is 8.82. The summed E-state index contributed by atoms with van der Waals surface area (Å²) in [6.07, 6.45) is 5.50. The maximum absolute atomic E-state index is 13.4. The fourth-order valence-corrected chi connectivity index (χ4v) is 4.92. The van der Waals surface area contributed by atoms with Gasteiger partial charge in [-0.2, -0.15) is 0 Å². The lowest BCUT2D eigenvalue weighted by atomic mass is 9.95. The zero-order valence-electron chi connectivity index (χ0n) is 17.5. The molecule has 1 atom stereocenters. The molecule has 1 N–H and O–H groups in total. The van der Waals surface area contributed by atoms with Crippen LogP contribution in [0.3, 0.4) is 0 Å². The van der Waals surface area contributed by atoms with Crippen LogP contribution in [0.4, 0.5) is 0 Å². The van der Waals surface area contributed by atoms with E-state index in [0.29, 0.717) is 22.2 Å². The van der Waals surface area contributed by atoms with Gasteiger partial charge in [0.15, 0.2) is 0 Å².